The lowest BCUT2D eigenvalue weighted by Gasteiger charge is -2.37. The average molecular weight is 414 g/mol. The number of fused-ring (bicyclic) bond motifs is 2. The maximum absolute atomic E-state index is 13.5. The molecule has 0 bridgehead atoms. The SMILES string of the molecule is CCN1c2ccccc2C2=C([C@@H](c3ccc(Cl)cc3)C(C#N)=C(N)O2)S1(=O)=O. The minimum absolute atomic E-state index is 0.0149. The third-order valence-electron chi connectivity index (χ3n) is 4.85. The van der Waals surface area contributed by atoms with Crippen molar-refractivity contribution >= 4 is 33.1 Å². The molecular weight excluding hydrogens is 398 g/mol. The van der Waals surface area contributed by atoms with E-state index in [1.807, 2.05) is 6.07 Å². The molecule has 2 heterocycles. The molecular formula is C20H16ClN3O3S. The van der Waals surface area contributed by atoms with E-state index in [1.54, 1.807) is 55.5 Å². The molecule has 0 radical (unpaired) electrons. The summed E-state index contributed by atoms with van der Waals surface area (Å²) >= 11 is 5.99. The summed E-state index contributed by atoms with van der Waals surface area (Å²) in [5.41, 5.74) is 7.82. The molecule has 2 aromatic carbocycles. The van der Waals surface area contributed by atoms with E-state index in [1.165, 1.54) is 4.31 Å². The predicted octanol–water partition coefficient (Wildman–Crippen LogP) is 3.69. The molecule has 0 saturated heterocycles. The Hall–Kier alpha value is -2.95. The van der Waals surface area contributed by atoms with Gasteiger partial charge in [0.15, 0.2) is 5.76 Å². The van der Waals surface area contributed by atoms with Gasteiger partial charge in [0.2, 0.25) is 5.88 Å². The van der Waals surface area contributed by atoms with Gasteiger partial charge in [-0.3, -0.25) is 4.31 Å². The van der Waals surface area contributed by atoms with E-state index in [0.717, 1.165) is 0 Å². The van der Waals surface area contributed by atoms with Crippen LogP contribution in [0.2, 0.25) is 5.02 Å². The second kappa shape index (κ2) is 6.59. The molecule has 0 amide bonds. The van der Waals surface area contributed by atoms with Crippen molar-refractivity contribution in [3.05, 3.63) is 81.0 Å². The second-order valence-corrected chi connectivity index (χ2v) is 8.62. The summed E-state index contributed by atoms with van der Waals surface area (Å²) in [5, 5.41) is 10.2. The highest BCUT2D eigenvalue weighted by molar-refractivity contribution is 7.97. The Bertz CT molecular complexity index is 1180. The third kappa shape index (κ3) is 2.57. The minimum atomic E-state index is -3.95. The first kappa shape index (κ1) is 18.4. The molecule has 0 aliphatic carbocycles. The lowest BCUT2D eigenvalue weighted by atomic mass is 9.88. The first-order chi connectivity index (χ1) is 13.4. The molecule has 0 fully saturated rings. The van der Waals surface area contributed by atoms with Gasteiger partial charge in [-0.25, -0.2) is 8.42 Å². The predicted molar refractivity (Wildman–Crippen MR) is 107 cm³/mol. The summed E-state index contributed by atoms with van der Waals surface area (Å²) in [6.45, 7) is 2.00. The summed E-state index contributed by atoms with van der Waals surface area (Å²) < 4.78 is 34.1. The smallest absolute Gasteiger partial charge is 0.265 e. The van der Waals surface area contributed by atoms with Gasteiger partial charge >= 0.3 is 0 Å². The van der Waals surface area contributed by atoms with Crippen LogP contribution in [0, 0.1) is 11.3 Å². The topological polar surface area (TPSA) is 96.4 Å². The van der Waals surface area contributed by atoms with E-state index < -0.39 is 15.9 Å². The molecule has 0 spiro atoms. The molecule has 2 aliphatic heterocycles. The van der Waals surface area contributed by atoms with E-state index in [2.05, 4.69) is 0 Å². The Morgan fingerprint density at radius 3 is 2.54 bits per heavy atom. The number of allylic oxidation sites excluding steroid dienone is 2. The van der Waals surface area contributed by atoms with Crippen LogP contribution in [-0.4, -0.2) is 15.0 Å². The van der Waals surface area contributed by atoms with Crippen LogP contribution in [0.1, 0.15) is 24.0 Å². The largest absolute Gasteiger partial charge is 0.439 e. The number of hydrogen-bond acceptors (Lipinski definition) is 5. The lowest BCUT2D eigenvalue weighted by Crippen LogP contribution is -2.39. The number of anilines is 1. The molecule has 2 aliphatic rings. The quantitative estimate of drug-likeness (QED) is 0.809. The molecule has 2 N–H and O–H groups in total. The van der Waals surface area contributed by atoms with Gasteiger partial charge in [-0.05, 0) is 36.8 Å². The van der Waals surface area contributed by atoms with Crippen molar-refractivity contribution in [1.82, 2.24) is 0 Å². The molecule has 4 rings (SSSR count). The lowest BCUT2D eigenvalue weighted by molar-refractivity contribution is 0.357. The zero-order valence-electron chi connectivity index (χ0n) is 14.9. The number of rotatable bonds is 2. The zero-order chi connectivity index (χ0) is 20.1. The molecule has 142 valence electrons. The van der Waals surface area contributed by atoms with Gasteiger partial charge in [-0.1, -0.05) is 35.9 Å². The third-order valence-corrected chi connectivity index (χ3v) is 7.11. The number of nitrogens with two attached hydrogens (primary N) is 1. The van der Waals surface area contributed by atoms with Crippen LogP contribution in [0.25, 0.3) is 5.76 Å². The Kier molecular flexibility index (Phi) is 4.33. The van der Waals surface area contributed by atoms with Crippen LogP contribution >= 0.6 is 11.6 Å². The van der Waals surface area contributed by atoms with Gasteiger partial charge < -0.3 is 10.5 Å². The maximum Gasteiger partial charge on any atom is 0.265 e. The van der Waals surface area contributed by atoms with Gasteiger partial charge in [0.1, 0.15) is 16.5 Å². The Morgan fingerprint density at radius 1 is 1.21 bits per heavy atom. The van der Waals surface area contributed by atoms with Crippen molar-refractivity contribution in [2.75, 3.05) is 10.8 Å². The molecule has 8 heteroatoms. The normalized spacial score (nSPS) is 20.2. The van der Waals surface area contributed by atoms with Crippen molar-refractivity contribution in [2.24, 2.45) is 5.73 Å². The number of halogens is 1. The highest BCUT2D eigenvalue weighted by atomic mass is 35.5. The minimum Gasteiger partial charge on any atom is -0.439 e. The molecule has 1 atom stereocenters. The number of benzene rings is 2. The number of hydrogen-bond donors (Lipinski definition) is 1. The number of sulfonamides is 1. The van der Waals surface area contributed by atoms with Crippen LogP contribution < -0.4 is 10.0 Å². The first-order valence-electron chi connectivity index (χ1n) is 8.59. The van der Waals surface area contributed by atoms with Gasteiger partial charge in [0.05, 0.1) is 11.6 Å². The van der Waals surface area contributed by atoms with Crippen LogP contribution in [-0.2, 0) is 14.8 Å². The molecule has 0 unspecified atom stereocenters. The summed E-state index contributed by atoms with van der Waals surface area (Å²) in [7, 11) is -3.95. The van der Waals surface area contributed by atoms with Crippen LogP contribution in [0.4, 0.5) is 5.69 Å². The monoisotopic (exact) mass is 413 g/mol. The Morgan fingerprint density at radius 2 is 1.89 bits per heavy atom. The van der Waals surface area contributed by atoms with Crippen molar-refractivity contribution in [1.29, 1.82) is 5.26 Å². The van der Waals surface area contributed by atoms with E-state index in [9.17, 15) is 13.7 Å². The summed E-state index contributed by atoms with van der Waals surface area (Å²) in [6, 6.07) is 15.8. The van der Waals surface area contributed by atoms with E-state index in [4.69, 9.17) is 22.1 Å². The van der Waals surface area contributed by atoms with Gasteiger partial charge in [0.25, 0.3) is 10.0 Å². The molecule has 0 aromatic heterocycles. The summed E-state index contributed by atoms with van der Waals surface area (Å²) in [5.74, 6) is -0.814. The van der Waals surface area contributed by atoms with Gasteiger partial charge in [0, 0.05) is 17.1 Å². The molecule has 2 aromatic rings. The van der Waals surface area contributed by atoms with Crippen molar-refractivity contribution < 1.29 is 13.2 Å². The highest BCUT2D eigenvalue weighted by Crippen LogP contribution is 2.50. The number of nitriles is 1. The van der Waals surface area contributed by atoms with E-state index in [-0.39, 0.29) is 28.7 Å². The Balaban J connectivity index is 2.07. The average Bonchev–Trinajstić information content (AvgIpc) is 2.68. The standard InChI is InChI=1S/C20H16ClN3O3S/c1-2-24-16-6-4-3-5-14(16)18-19(28(24,25)26)17(15(11-22)20(23)27-18)12-7-9-13(21)10-8-12/h3-10,17H,2,23H2,1H3/t17-/m0/s1. The summed E-state index contributed by atoms with van der Waals surface area (Å²) in [4.78, 5) is 0.0149. The number of para-hydroxylation sites is 1. The van der Waals surface area contributed by atoms with Crippen molar-refractivity contribution in [3.8, 4) is 6.07 Å². The fourth-order valence-corrected chi connectivity index (χ4v) is 5.70. The van der Waals surface area contributed by atoms with Crippen molar-refractivity contribution in [3.63, 3.8) is 0 Å². The molecule has 0 saturated carbocycles. The fourth-order valence-electron chi connectivity index (χ4n) is 3.64. The maximum atomic E-state index is 13.5. The van der Waals surface area contributed by atoms with E-state index in [0.29, 0.717) is 21.8 Å². The molecule has 6 nitrogen and oxygen atoms in total. The fraction of sp³-hybridized carbons (Fsp3) is 0.150. The van der Waals surface area contributed by atoms with Gasteiger partial charge in [-0.15, -0.1) is 0 Å². The number of ether oxygens (including phenoxy) is 1. The van der Waals surface area contributed by atoms with Crippen LogP contribution in [0.5, 0.6) is 0 Å². The van der Waals surface area contributed by atoms with E-state index >= 15 is 0 Å². The summed E-state index contributed by atoms with van der Waals surface area (Å²) in [6.07, 6.45) is 0. The molecule has 28 heavy (non-hydrogen) atoms. The zero-order valence-corrected chi connectivity index (χ0v) is 16.5. The second-order valence-electron chi connectivity index (χ2n) is 6.36. The van der Waals surface area contributed by atoms with Gasteiger partial charge in [-0.2, -0.15) is 5.26 Å². The first-order valence-corrected chi connectivity index (χ1v) is 10.4. The van der Waals surface area contributed by atoms with Crippen LogP contribution in [0.3, 0.4) is 0 Å². The Labute approximate surface area is 168 Å². The number of nitrogens with zero attached hydrogens (tertiary/aromatic N) is 2. The van der Waals surface area contributed by atoms with Crippen molar-refractivity contribution in [2.45, 2.75) is 12.8 Å². The highest BCUT2D eigenvalue weighted by Gasteiger charge is 2.46. The van der Waals surface area contributed by atoms with Crippen LogP contribution in [0.15, 0.2) is 64.9 Å².